The van der Waals surface area contributed by atoms with Crippen molar-refractivity contribution < 1.29 is 4.42 Å². The Morgan fingerprint density at radius 3 is 2.82 bits per heavy atom. The molecule has 4 heteroatoms. The lowest BCUT2D eigenvalue weighted by atomic mass is 10.2. The maximum atomic E-state index is 8.79. The third-order valence-corrected chi connectivity index (χ3v) is 2.80. The third-order valence-electron chi connectivity index (χ3n) is 2.49. The molecule has 0 unspecified atom stereocenters. The molecular formula is C13H11ClN2O. The lowest BCUT2D eigenvalue weighted by Crippen LogP contribution is -2.15. The fraction of sp³-hybridized carbons (Fsp3) is 0.154. The molecule has 0 saturated carbocycles. The summed E-state index contributed by atoms with van der Waals surface area (Å²) < 4.78 is 5.27. The van der Waals surface area contributed by atoms with Crippen LogP contribution in [0.4, 0.5) is 5.69 Å². The Bertz CT molecular complexity index is 543. The first kappa shape index (κ1) is 11.6. The number of halogens is 1. The highest BCUT2D eigenvalue weighted by molar-refractivity contribution is 6.32. The van der Waals surface area contributed by atoms with Crippen LogP contribution in [0, 0.1) is 11.3 Å². The van der Waals surface area contributed by atoms with Gasteiger partial charge in [-0.1, -0.05) is 11.6 Å². The van der Waals surface area contributed by atoms with Gasteiger partial charge in [-0.05, 0) is 30.3 Å². The number of nitriles is 1. The van der Waals surface area contributed by atoms with E-state index in [1.54, 1.807) is 18.4 Å². The zero-order chi connectivity index (χ0) is 12.3. The van der Waals surface area contributed by atoms with Crippen molar-refractivity contribution in [3.63, 3.8) is 0 Å². The number of hydrogen-bond donors (Lipinski definition) is 0. The van der Waals surface area contributed by atoms with Gasteiger partial charge in [0.05, 0.1) is 23.4 Å². The second-order valence-corrected chi connectivity index (χ2v) is 4.12. The Balaban J connectivity index is 2.17. The van der Waals surface area contributed by atoms with Crippen molar-refractivity contribution in [2.45, 2.75) is 6.54 Å². The predicted octanol–water partition coefficient (Wildman–Crippen LogP) is 3.44. The van der Waals surface area contributed by atoms with Crippen LogP contribution in [0.5, 0.6) is 0 Å². The zero-order valence-corrected chi connectivity index (χ0v) is 10.1. The lowest BCUT2D eigenvalue weighted by Gasteiger charge is -2.18. The van der Waals surface area contributed by atoms with E-state index in [1.165, 1.54) is 0 Å². The fourth-order valence-corrected chi connectivity index (χ4v) is 1.78. The van der Waals surface area contributed by atoms with Gasteiger partial charge >= 0.3 is 0 Å². The summed E-state index contributed by atoms with van der Waals surface area (Å²) in [4.78, 5) is 2.01. The maximum absolute atomic E-state index is 8.79. The van der Waals surface area contributed by atoms with Crippen molar-refractivity contribution in [2.75, 3.05) is 11.9 Å². The third kappa shape index (κ3) is 2.61. The largest absolute Gasteiger partial charge is 0.467 e. The standard InChI is InChI=1S/C13H11ClN2O/c1-16(9-12-3-2-6-17-12)11-5-4-10(8-15)13(14)7-11/h2-7H,9H2,1H3. The molecule has 0 aliphatic carbocycles. The first-order valence-electron chi connectivity index (χ1n) is 5.14. The molecule has 0 bridgehead atoms. The SMILES string of the molecule is CN(Cc1ccco1)c1ccc(C#N)c(Cl)c1. The Morgan fingerprint density at radius 1 is 1.41 bits per heavy atom. The Morgan fingerprint density at radius 2 is 2.24 bits per heavy atom. The van der Waals surface area contributed by atoms with Crippen LogP contribution in [-0.2, 0) is 6.54 Å². The molecule has 0 atom stereocenters. The highest BCUT2D eigenvalue weighted by Gasteiger charge is 2.06. The molecule has 0 saturated heterocycles. The summed E-state index contributed by atoms with van der Waals surface area (Å²) >= 11 is 5.98. The highest BCUT2D eigenvalue weighted by Crippen LogP contribution is 2.23. The second-order valence-electron chi connectivity index (χ2n) is 3.71. The van der Waals surface area contributed by atoms with Crippen LogP contribution in [0.3, 0.4) is 0 Å². The summed E-state index contributed by atoms with van der Waals surface area (Å²) in [5.74, 6) is 0.882. The maximum Gasteiger partial charge on any atom is 0.123 e. The minimum Gasteiger partial charge on any atom is -0.467 e. The zero-order valence-electron chi connectivity index (χ0n) is 9.35. The molecule has 2 aromatic rings. The summed E-state index contributed by atoms with van der Waals surface area (Å²) in [6, 6.07) is 11.2. The summed E-state index contributed by atoms with van der Waals surface area (Å²) in [7, 11) is 1.94. The number of furan rings is 1. The normalized spacial score (nSPS) is 9.94. The molecule has 0 fully saturated rings. The fourth-order valence-electron chi connectivity index (χ4n) is 1.56. The average molecular weight is 247 g/mol. The van der Waals surface area contributed by atoms with Gasteiger partial charge in [0.15, 0.2) is 0 Å². The van der Waals surface area contributed by atoms with E-state index in [9.17, 15) is 0 Å². The molecule has 1 aromatic carbocycles. The molecule has 17 heavy (non-hydrogen) atoms. The van der Waals surface area contributed by atoms with Gasteiger partial charge in [0.25, 0.3) is 0 Å². The van der Waals surface area contributed by atoms with Crippen molar-refractivity contribution in [2.24, 2.45) is 0 Å². The minimum atomic E-state index is 0.469. The van der Waals surface area contributed by atoms with Crippen LogP contribution in [-0.4, -0.2) is 7.05 Å². The van der Waals surface area contributed by atoms with Crippen LogP contribution >= 0.6 is 11.6 Å². The van der Waals surface area contributed by atoms with E-state index in [0.29, 0.717) is 17.1 Å². The topological polar surface area (TPSA) is 40.2 Å². The van der Waals surface area contributed by atoms with Gasteiger partial charge in [0.2, 0.25) is 0 Å². The Hall–Kier alpha value is -1.92. The van der Waals surface area contributed by atoms with Crippen LogP contribution < -0.4 is 4.90 Å². The average Bonchev–Trinajstić information content (AvgIpc) is 2.81. The first-order valence-corrected chi connectivity index (χ1v) is 5.51. The Labute approximate surface area is 105 Å². The van der Waals surface area contributed by atoms with Gasteiger partial charge in [0.1, 0.15) is 11.8 Å². The number of hydrogen-bond acceptors (Lipinski definition) is 3. The van der Waals surface area contributed by atoms with Gasteiger partial charge < -0.3 is 9.32 Å². The second kappa shape index (κ2) is 4.94. The van der Waals surface area contributed by atoms with E-state index in [2.05, 4.69) is 0 Å². The van der Waals surface area contributed by atoms with Gasteiger partial charge in [-0.15, -0.1) is 0 Å². The smallest absolute Gasteiger partial charge is 0.123 e. The van der Waals surface area contributed by atoms with Crippen molar-refractivity contribution in [1.29, 1.82) is 5.26 Å². The van der Waals surface area contributed by atoms with Crippen molar-refractivity contribution in [1.82, 2.24) is 0 Å². The van der Waals surface area contributed by atoms with E-state index >= 15 is 0 Å². The quantitative estimate of drug-likeness (QED) is 0.833. The predicted molar refractivity (Wildman–Crippen MR) is 67.0 cm³/mol. The Kier molecular flexibility index (Phi) is 3.36. The lowest BCUT2D eigenvalue weighted by molar-refractivity contribution is 0.507. The number of nitrogens with zero attached hydrogens (tertiary/aromatic N) is 2. The van der Waals surface area contributed by atoms with E-state index in [4.69, 9.17) is 21.3 Å². The van der Waals surface area contributed by atoms with Gasteiger partial charge in [-0.25, -0.2) is 0 Å². The summed E-state index contributed by atoms with van der Waals surface area (Å²) in [5, 5.41) is 9.26. The molecule has 0 radical (unpaired) electrons. The van der Waals surface area contributed by atoms with Crippen molar-refractivity contribution in [3.8, 4) is 6.07 Å². The van der Waals surface area contributed by atoms with E-state index < -0.39 is 0 Å². The first-order chi connectivity index (χ1) is 8.20. The number of anilines is 1. The molecule has 3 nitrogen and oxygen atoms in total. The molecular weight excluding hydrogens is 236 g/mol. The summed E-state index contributed by atoms with van der Waals surface area (Å²) in [6.07, 6.45) is 1.65. The van der Waals surface area contributed by atoms with Gasteiger partial charge in [-0.3, -0.25) is 0 Å². The summed E-state index contributed by atoms with van der Waals surface area (Å²) in [5.41, 5.74) is 1.44. The van der Waals surface area contributed by atoms with Crippen LogP contribution in [0.25, 0.3) is 0 Å². The van der Waals surface area contributed by atoms with Gasteiger partial charge in [0, 0.05) is 12.7 Å². The molecule has 0 aliphatic heterocycles. The molecule has 1 heterocycles. The highest BCUT2D eigenvalue weighted by atomic mass is 35.5. The molecule has 0 aliphatic rings. The van der Waals surface area contributed by atoms with Crippen LogP contribution in [0.1, 0.15) is 11.3 Å². The number of rotatable bonds is 3. The minimum absolute atomic E-state index is 0.469. The molecule has 86 valence electrons. The van der Waals surface area contributed by atoms with Gasteiger partial charge in [-0.2, -0.15) is 5.26 Å². The summed E-state index contributed by atoms with van der Waals surface area (Å²) in [6.45, 7) is 0.662. The van der Waals surface area contributed by atoms with Crippen LogP contribution in [0.2, 0.25) is 5.02 Å². The molecule has 0 spiro atoms. The van der Waals surface area contributed by atoms with E-state index in [0.717, 1.165) is 11.4 Å². The van der Waals surface area contributed by atoms with Crippen molar-refractivity contribution >= 4 is 17.3 Å². The molecule has 0 N–H and O–H groups in total. The molecule has 1 aromatic heterocycles. The molecule has 2 rings (SSSR count). The van der Waals surface area contributed by atoms with E-state index in [1.807, 2.05) is 36.2 Å². The molecule has 0 amide bonds. The van der Waals surface area contributed by atoms with Crippen LogP contribution in [0.15, 0.2) is 41.0 Å². The number of benzene rings is 1. The monoisotopic (exact) mass is 246 g/mol. The van der Waals surface area contributed by atoms with E-state index in [-0.39, 0.29) is 0 Å². The van der Waals surface area contributed by atoms with Crippen molar-refractivity contribution in [3.05, 3.63) is 52.9 Å².